The number of hydrogen-bond acceptors (Lipinski definition) is 5. The van der Waals surface area contributed by atoms with Crippen molar-refractivity contribution in [3.8, 4) is 5.69 Å². The van der Waals surface area contributed by atoms with Crippen LogP contribution in [0.5, 0.6) is 0 Å². The van der Waals surface area contributed by atoms with Gasteiger partial charge >= 0.3 is 0 Å². The molecule has 6 nitrogen and oxygen atoms in total. The summed E-state index contributed by atoms with van der Waals surface area (Å²) in [6.45, 7) is 2.00. The lowest BCUT2D eigenvalue weighted by molar-refractivity contribution is -0.115. The van der Waals surface area contributed by atoms with Gasteiger partial charge in [0.05, 0.1) is 16.4 Å². The first kappa shape index (κ1) is 17.4. The summed E-state index contributed by atoms with van der Waals surface area (Å²) in [4.78, 5) is 12.1. The molecule has 0 radical (unpaired) electrons. The summed E-state index contributed by atoms with van der Waals surface area (Å²) in [6, 6.07) is 15.0. The van der Waals surface area contributed by atoms with Gasteiger partial charge in [0.1, 0.15) is 0 Å². The smallest absolute Gasteiger partial charge is 0.225 e. The molecular formula is C17H16ClN5OS. The van der Waals surface area contributed by atoms with Gasteiger partial charge in [0.2, 0.25) is 11.1 Å². The van der Waals surface area contributed by atoms with E-state index in [1.807, 2.05) is 43.3 Å². The van der Waals surface area contributed by atoms with Gasteiger partial charge in [0.15, 0.2) is 0 Å². The van der Waals surface area contributed by atoms with Crippen molar-refractivity contribution in [2.45, 2.75) is 18.5 Å². The number of halogens is 1. The first-order valence-corrected chi connectivity index (χ1v) is 9.03. The molecule has 1 amide bonds. The molecule has 8 heteroatoms. The average molecular weight is 374 g/mol. The molecule has 0 saturated carbocycles. The van der Waals surface area contributed by atoms with Crippen LogP contribution in [0.2, 0.25) is 5.02 Å². The number of rotatable bonds is 6. The third kappa shape index (κ3) is 4.37. The first-order valence-electron chi connectivity index (χ1n) is 7.66. The number of amides is 1. The summed E-state index contributed by atoms with van der Waals surface area (Å²) in [7, 11) is 0. The Kier molecular flexibility index (Phi) is 5.67. The fraction of sp³-hybridized carbons (Fsp3) is 0.176. The van der Waals surface area contributed by atoms with E-state index in [0.717, 1.165) is 11.3 Å². The quantitative estimate of drug-likeness (QED) is 0.666. The first-order chi connectivity index (χ1) is 12.1. The van der Waals surface area contributed by atoms with E-state index in [2.05, 4.69) is 20.8 Å². The van der Waals surface area contributed by atoms with E-state index in [4.69, 9.17) is 11.6 Å². The molecule has 1 aromatic heterocycles. The molecule has 0 aliphatic heterocycles. The number of aryl methyl sites for hydroxylation is 1. The highest BCUT2D eigenvalue weighted by atomic mass is 35.5. The summed E-state index contributed by atoms with van der Waals surface area (Å²) >= 11 is 7.47. The number of tetrazole rings is 1. The van der Waals surface area contributed by atoms with Gasteiger partial charge in [-0.3, -0.25) is 4.79 Å². The van der Waals surface area contributed by atoms with Crippen molar-refractivity contribution in [3.05, 3.63) is 59.1 Å². The summed E-state index contributed by atoms with van der Waals surface area (Å²) < 4.78 is 1.69. The van der Waals surface area contributed by atoms with Gasteiger partial charge in [0.25, 0.3) is 0 Å². The SMILES string of the molecule is Cc1ccccc1-n1nnnc1SCCC(=O)Nc1ccccc1Cl. The number of aromatic nitrogens is 4. The maximum atomic E-state index is 12.1. The minimum Gasteiger partial charge on any atom is -0.325 e. The number of nitrogens with zero attached hydrogens (tertiary/aromatic N) is 4. The van der Waals surface area contributed by atoms with E-state index in [1.54, 1.807) is 16.8 Å². The molecule has 0 fully saturated rings. The molecular weight excluding hydrogens is 358 g/mol. The lowest BCUT2D eigenvalue weighted by Gasteiger charge is -2.08. The van der Waals surface area contributed by atoms with Crippen molar-refractivity contribution in [2.24, 2.45) is 0 Å². The van der Waals surface area contributed by atoms with Crippen LogP contribution in [-0.2, 0) is 4.79 Å². The van der Waals surface area contributed by atoms with Crippen LogP contribution in [0.15, 0.2) is 53.7 Å². The molecule has 3 rings (SSSR count). The fourth-order valence-electron chi connectivity index (χ4n) is 2.23. The van der Waals surface area contributed by atoms with Crippen LogP contribution in [0.1, 0.15) is 12.0 Å². The maximum Gasteiger partial charge on any atom is 0.225 e. The Labute approximate surface area is 154 Å². The van der Waals surface area contributed by atoms with Crippen molar-refractivity contribution < 1.29 is 4.79 Å². The van der Waals surface area contributed by atoms with Crippen LogP contribution < -0.4 is 5.32 Å². The van der Waals surface area contributed by atoms with Crippen LogP contribution in [-0.4, -0.2) is 31.9 Å². The molecule has 1 heterocycles. The number of benzene rings is 2. The Morgan fingerprint density at radius 2 is 1.96 bits per heavy atom. The van der Waals surface area contributed by atoms with Gasteiger partial charge in [-0.15, -0.1) is 5.10 Å². The van der Waals surface area contributed by atoms with E-state index in [-0.39, 0.29) is 5.91 Å². The number of nitrogens with one attached hydrogen (secondary N) is 1. The van der Waals surface area contributed by atoms with Crippen LogP contribution in [0.25, 0.3) is 5.69 Å². The molecule has 0 atom stereocenters. The van der Waals surface area contributed by atoms with Gasteiger partial charge in [-0.2, -0.15) is 4.68 Å². The monoisotopic (exact) mass is 373 g/mol. The molecule has 0 bridgehead atoms. The highest BCUT2D eigenvalue weighted by Crippen LogP contribution is 2.23. The third-order valence-electron chi connectivity index (χ3n) is 3.49. The number of anilines is 1. The standard InChI is InChI=1S/C17H16ClN5OS/c1-12-6-2-5-9-15(12)23-17(20-21-22-23)25-11-10-16(24)19-14-8-4-3-7-13(14)18/h2-9H,10-11H2,1H3,(H,19,24). The summed E-state index contributed by atoms with van der Waals surface area (Å²) in [5, 5.41) is 15.8. The van der Waals surface area contributed by atoms with Crippen LogP contribution in [0.4, 0.5) is 5.69 Å². The zero-order chi connectivity index (χ0) is 17.6. The van der Waals surface area contributed by atoms with Crippen LogP contribution >= 0.6 is 23.4 Å². The number of carbonyl (C=O) groups excluding carboxylic acids is 1. The van der Waals surface area contributed by atoms with Crippen molar-refractivity contribution in [3.63, 3.8) is 0 Å². The third-order valence-corrected chi connectivity index (χ3v) is 4.74. The van der Waals surface area contributed by atoms with Crippen molar-refractivity contribution in [1.82, 2.24) is 20.2 Å². The Morgan fingerprint density at radius 3 is 2.76 bits per heavy atom. The van der Waals surface area contributed by atoms with Gasteiger partial charge in [-0.25, -0.2) is 0 Å². The van der Waals surface area contributed by atoms with E-state index in [9.17, 15) is 4.79 Å². The molecule has 1 N–H and O–H groups in total. The van der Waals surface area contributed by atoms with E-state index < -0.39 is 0 Å². The van der Waals surface area contributed by atoms with Crippen molar-refractivity contribution in [2.75, 3.05) is 11.1 Å². The minimum absolute atomic E-state index is 0.101. The fourth-order valence-corrected chi connectivity index (χ4v) is 3.24. The summed E-state index contributed by atoms with van der Waals surface area (Å²) in [5.41, 5.74) is 2.62. The van der Waals surface area contributed by atoms with E-state index >= 15 is 0 Å². The maximum absolute atomic E-state index is 12.1. The highest BCUT2D eigenvalue weighted by Gasteiger charge is 2.12. The Morgan fingerprint density at radius 1 is 1.20 bits per heavy atom. The Balaban J connectivity index is 1.58. The second-order valence-corrected chi connectivity index (χ2v) is 6.76. The molecule has 3 aromatic rings. The topological polar surface area (TPSA) is 72.7 Å². The van der Waals surface area contributed by atoms with Crippen LogP contribution in [0, 0.1) is 6.92 Å². The second-order valence-electron chi connectivity index (χ2n) is 5.29. The molecule has 25 heavy (non-hydrogen) atoms. The lowest BCUT2D eigenvalue weighted by Crippen LogP contribution is -2.12. The molecule has 128 valence electrons. The van der Waals surface area contributed by atoms with Gasteiger partial charge in [-0.1, -0.05) is 53.7 Å². The number of carbonyl (C=O) groups is 1. The normalized spacial score (nSPS) is 10.6. The second kappa shape index (κ2) is 8.13. The van der Waals surface area contributed by atoms with E-state index in [0.29, 0.717) is 28.0 Å². The summed E-state index contributed by atoms with van der Waals surface area (Å²) in [5.74, 6) is 0.457. The molecule has 0 aliphatic rings. The molecule has 0 unspecified atom stereocenters. The molecule has 0 spiro atoms. The largest absolute Gasteiger partial charge is 0.325 e. The van der Waals surface area contributed by atoms with Gasteiger partial charge in [0, 0.05) is 12.2 Å². The van der Waals surface area contributed by atoms with E-state index in [1.165, 1.54) is 11.8 Å². The predicted octanol–water partition coefficient (Wildman–Crippen LogP) is 3.75. The highest BCUT2D eigenvalue weighted by molar-refractivity contribution is 7.99. The zero-order valence-corrected chi connectivity index (χ0v) is 15.1. The molecule has 2 aromatic carbocycles. The van der Waals surface area contributed by atoms with Crippen LogP contribution in [0.3, 0.4) is 0 Å². The predicted molar refractivity (Wildman–Crippen MR) is 99.3 cm³/mol. The molecule has 0 saturated heterocycles. The van der Waals surface area contributed by atoms with Gasteiger partial charge < -0.3 is 5.32 Å². The number of hydrogen-bond donors (Lipinski definition) is 1. The van der Waals surface area contributed by atoms with Gasteiger partial charge in [-0.05, 0) is 41.1 Å². The number of para-hydroxylation sites is 2. The Bertz CT molecular complexity index is 883. The Hall–Kier alpha value is -2.38. The average Bonchev–Trinajstić information content (AvgIpc) is 3.06. The summed E-state index contributed by atoms with van der Waals surface area (Å²) in [6.07, 6.45) is 0.330. The van der Waals surface area contributed by atoms with Crippen molar-refractivity contribution >= 4 is 35.0 Å². The zero-order valence-electron chi connectivity index (χ0n) is 13.5. The number of thioether (sulfide) groups is 1. The van der Waals surface area contributed by atoms with Crippen molar-refractivity contribution in [1.29, 1.82) is 0 Å². The minimum atomic E-state index is -0.101. The lowest BCUT2D eigenvalue weighted by atomic mass is 10.2. The molecule has 0 aliphatic carbocycles.